The van der Waals surface area contributed by atoms with Gasteiger partial charge in [-0.15, -0.1) is 0 Å². The molecule has 1 saturated carbocycles. The molecule has 1 heteroatoms. The topological polar surface area (TPSA) is 23.8 Å². The lowest BCUT2D eigenvalue weighted by molar-refractivity contribution is 1.17. The molecule has 5 heavy (non-hydrogen) atoms. The summed E-state index contributed by atoms with van der Waals surface area (Å²) in [7, 11) is 0. The second kappa shape index (κ2) is 0.718. The molecule has 0 saturated heterocycles. The third-order valence-corrected chi connectivity index (χ3v) is 0.637. The van der Waals surface area contributed by atoms with Crippen molar-refractivity contribution in [3.63, 3.8) is 0 Å². The van der Waals surface area contributed by atoms with Crippen molar-refractivity contribution >= 4 is 0 Å². The Hall–Kier alpha value is -0.510. The van der Waals surface area contributed by atoms with Gasteiger partial charge in [0, 0.05) is 5.92 Å². The molecule has 0 aliphatic heterocycles. The molecular formula is C4H4N. The van der Waals surface area contributed by atoms with Crippen LogP contribution in [-0.2, 0) is 0 Å². The molecule has 1 aliphatic rings. The standard InChI is InChI=1S/C4H4N/c5-3-4-1-2-4/h1,4H,2H2. The van der Waals surface area contributed by atoms with E-state index in [9.17, 15) is 0 Å². The molecule has 0 bridgehead atoms. The van der Waals surface area contributed by atoms with E-state index in [1.165, 1.54) is 0 Å². The number of rotatable bonds is 0. The van der Waals surface area contributed by atoms with Gasteiger partial charge >= 0.3 is 0 Å². The molecule has 0 N–H and O–H groups in total. The van der Waals surface area contributed by atoms with E-state index in [4.69, 9.17) is 5.26 Å². The van der Waals surface area contributed by atoms with Gasteiger partial charge in [0.25, 0.3) is 0 Å². The van der Waals surface area contributed by atoms with Crippen LogP contribution in [0.15, 0.2) is 0 Å². The Morgan fingerprint density at radius 2 is 2.60 bits per heavy atom. The van der Waals surface area contributed by atoms with Gasteiger partial charge in [0.15, 0.2) is 0 Å². The van der Waals surface area contributed by atoms with Gasteiger partial charge in [0.2, 0.25) is 0 Å². The second-order valence-electron chi connectivity index (χ2n) is 1.21. The van der Waals surface area contributed by atoms with E-state index in [1.54, 1.807) is 0 Å². The third kappa shape index (κ3) is 0.384. The average molecular weight is 66.1 g/mol. The Bertz CT molecular complexity index is 66.2. The molecule has 1 nitrogen and oxygen atoms in total. The van der Waals surface area contributed by atoms with Crippen molar-refractivity contribution in [3.05, 3.63) is 6.42 Å². The molecule has 1 atom stereocenters. The summed E-state index contributed by atoms with van der Waals surface area (Å²) in [4.78, 5) is 0. The summed E-state index contributed by atoms with van der Waals surface area (Å²) in [6.45, 7) is 0. The fraction of sp³-hybridized carbons (Fsp3) is 0.500. The van der Waals surface area contributed by atoms with E-state index < -0.39 is 0 Å². The van der Waals surface area contributed by atoms with E-state index >= 15 is 0 Å². The zero-order valence-corrected chi connectivity index (χ0v) is 2.81. The highest BCUT2D eigenvalue weighted by Gasteiger charge is 2.19. The van der Waals surface area contributed by atoms with Crippen LogP contribution in [0.4, 0.5) is 0 Å². The molecule has 0 aromatic rings. The van der Waals surface area contributed by atoms with Crippen molar-refractivity contribution in [2.75, 3.05) is 0 Å². The van der Waals surface area contributed by atoms with E-state index in [0.29, 0.717) is 5.92 Å². The van der Waals surface area contributed by atoms with Gasteiger partial charge in [-0.3, -0.25) is 0 Å². The normalized spacial score (nSPS) is 21.4. The highest BCUT2D eigenvalue weighted by atomic mass is 14.3. The SMILES string of the molecule is N#CC1[CH]C1. The molecule has 1 unspecified atom stereocenters. The Labute approximate surface area is 31.2 Å². The first-order valence-corrected chi connectivity index (χ1v) is 1.66. The molecule has 1 aliphatic carbocycles. The van der Waals surface area contributed by atoms with Crippen molar-refractivity contribution in [1.29, 1.82) is 5.26 Å². The fourth-order valence-electron chi connectivity index (χ4n) is 0.173. The van der Waals surface area contributed by atoms with Crippen LogP contribution in [-0.4, -0.2) is 0 Å². The summed E-state index contributed by atoms with van der Waals surface area (Å²) < 4.78 is 0. The predicted molar refractivity (Wildman–Crippen MR) is 18.0 cm³/mol. The van der Waals surface area contributed by atoms with Crippen LogP contribution in [0.5, 0.6) is 0 Å². The van der Waals surface area contributed by atoms with Gasteiger partial charge in [0.1, 0.15) is 0 Å². The third-order valence-electron chi connectivity index (χ3n) is 0.637. The smallest absolute Gasteiger partial charge is 0.0658 e. The van der Waals surface area contributed by atoms with Gasteiger partial charge < -0.3 is 0 Å². The first kappa shape index (κ1) is 2.71. The predicted octanol–water partition coefficient (Wildman–Crippen LogP) is 0.734. The van der Waals surface area contributed by atoms with Crippen LogP contribution in [0.2, 0.25) is 0 Å². The van der Waals surface area contributed by atoms with Crippen molar-refractivity contribution in [2.24, 2.45) is 5.92 Å². The number of nitriles is 1. The monoisotopic (exact) mass is 66.0 g/mol. The Morgan fingerprint density at radius 1 is 2.00 bits per heavy atom. The van der Waals surface area contributed by atoms with Gasteiger partial charge in [-0.2, -0.15) is 5.26 Å². The summed E-state index contributed by atoms with van der Waals surface area (Å²) in [5.74, 6) is 0.315. The largest absolute Gasteiger partial charge is 0.198 e. The summed E-state index contributed by atoms with van der Waals surface area (Å²) >= 11 is 0. The van der Waals surface area contributed by atoms with E-state index in [0.717, 1.165) is 6.42 Å². The molecule has 0 heterocycles. The molecular weight excluding hydrogens is 62.1 g/mol. The maximum atomic E-state index is 7.92. The zero-order chi connectivity index (χ0) is 3.70. The first-order chi connectivity index (χ1) is 2.43. The number of nitrogens with zero attached hydrogens (tertiary/aromatic N) is 1. The van der Waals surface area contributed by atoms with Gasteiger partial charge in [-0.05, 0) is 12.8 Å². The maximum absolute atomic E-state index is 7.92. The molecule has 0 amide bonds. The van der Waals surface area contributed by atoms with Gasteiger partial charge in [-0.25, -0.2) is 0 Å². The van der Waals surface area contributed by atoms with E-state index in [2.05, 4.69) is 6.07 Å². The first-order valence-electron chi connectivity index (χ1n) is 1.66. The quantitative estimate of drug-likeness (QED) is 0.409. The van der Waals surface area contributed by atoms with Crippen LogP contribution in [0.1, 0.15) is 6.42 Å². The lowest BCUT2D eigenvalue weighted by atomic mass is 10.5. The Balaban J connectivity index is 2.30. The zero-order valence-electron chi connectivity index (χ0n) is 2.81. The van der Waals surface area contributed by atoms with Crippen LogP contribution in [0.3, 0.4) is 0 Å². The molecule has 25 valence electrons. The highest BCUT2D eigenvalue weighted by molar-refractivity contribution is 5.08. The van der Waals surface area contributed by atoms with Crippen molar-refractivity contribution in [3.8, 4) is 6.07 Å². The molecule has 1 rings (SSSR count). The minimum atomic E-state index is 0.315. The average Bonchev–Trinajstić information content (AvgIpc) is 2.12. The molecule has 1 fully saturated rings. The lowest BCUT2D eigenvalue weighted by Gasteiger charge is -1.51. The van der Waals surface area contributed by atoms with E-state index in [-0.39, 0.29) is 0 Å². The van der Waals surface area contributed by atoms with E-state index in [1.807, 2.05) is 6.42 Å². The molecule has 0 aromatic carbocycles. The molecule has 0 aromatic heterocycles. The van der Waals surface area contributed by atoms with Gasteiger partial charge in [0.05, 0.1) is 6.07 Å². The lowest BCUT2D eigenvalue weighted by Crippen LogP contribution is -1.52. The number of hydrogen-bond donors (Lipinski definition) is 0. The van der Waals surface area contributed by atoms with Crippen molar-refractivity contribution in [1.82, 2.24) is 0 Å². The van der Waals surface area contributed by atoms with Crippen molar-refractivity contribution < 1.29 is 0 Å². The summed E-state index contributed by atoms with van der Waals surface area (Å²) in [5, 5.41) is 7.92. The Morgan fingerprint density at radius 3 is 2.60 bits per heavy atom. The van der Waals surface area contributed by atoms with Crippen LogP contribution in [0, 0.1) is 23.7 Å². The van der Waals surface area contributed by atoms with Gasteiger partial charge in [-0.1, -0.05) is 0 Å². The second-order valence-corrected chi connectivity index (χ2v) is 1.21. The highest BCUT2D eigenvalue weighted by Crippen LogP contribution is 2.25. The minimum absolute atomic E-state index is 0.315. The van der Waals surface area contributed by atoms with Crippen LogP contribution < -0.4 is 0 Å². The number of hydrogen-bond acceptors (Lipinski definition) is 1. The summed E-state index contributed by atoms with van der Waals surface area (Å²) in [5.41, 5.74) is 0. The fourth-order valence-corrected chi connectivity index (χ4v) is 0.173. The Kier molecular flexibility index (Phi) is 0.390. The van der Waals surface area contributed by atoms with Crippen molar-refractivity contribution in [2.45, 2.75) is 6.42 Å². The molecule has 1 radical (unpaired) electrons. The minimum Gasteiger partial charge on any atom is -0.198 e. The summed E-state index contributed by atoms with van der Waals surface area (Å²) in [6, 6.07) is 2.08. The molecule has 0 spiro atoms. The van der Waals surface area contributed by atoms with Crippen LogP contribution in [0.25, 0.3) is 0 Å². The maximum Gasteiger partial charge on any atom is 0.0658 e. The van der Waals surface area contributed by atoms with Crippen LogP contribution >= 0.6 is 0 Å². The summed E-state index contributed by atoms with van der Waals surface area (Å²) in [6.07, 6.45) is 3.01.